The van der Waals surface area contributed by atoms with Crippen LogP contribution in [0.15, 0.2) is 60.9 Å². The second-order valence-corrected chi connectivity index (χ2v) is 5.32. The Kier molecular flexibility index (Phi) is 3.94. The van der Waals surface area contributed by atoms with Gasteiger partial charge in [-0.25, -0.2) is 9.78 Å². The lowest BCUT2D eigenvalue weighted by atomic mass is 10.1. The van der Waals surface area contributed by atoms with Gasteiger partial charge in [0, 0.05) is 29.5 Å². The van der Waals surface area contributed by atoms with Crippen LogP contribution >= 0.6 is 11.6 Å². The molecule has 0 aliphatic rings. The van der Waals surface area contributed by atoms with Crippen LogP contribution in [0.2, 0.25) is 5.02 Å². The van der Waals surface area contributed by atoms with Crippen molar-refractivity contribution in [1.29, 1.82) is 0 Å². The summed E-state index contributed by atoms with van der Waals surface area (Å²) in [4.78, 5) is 15.3. The lowest BCUT2D eigenvalue weighted by molar-refractivity contribution is 0.0697. The fourth-order valence-corrected chi connectivity index (χ4v) is 2.37. The Morgan fingerprint density at radius 3 is 2.41 bits per heavy atom. The summed E-state index contributed by atoms with van der Waals surface area (Å²) < 4.78 is 2.01. The van der Waals surface area contributed by atoms with Gasteiger partial charge in [-0.2, -0.15) is 0 Å². The summed E-state index contributed by atoms with van der Waals surface area (Å²) in [5, 5.41) is 9.61. The van der Waals surface area contributed by atoms with Crippen LogP contribution in [0, 0.1) is 0 Å². The van der Waals surface area contributed by atoms with Gasteiger partial charge in [-0.3, -0.25) is 0 Å². The number of aromatic nitrogens is 2. The van der Waals surface area contributed by atoms with Crippen LogP contribution < -0.4 is 0 Å². The van der Waals surface area contributed by atoms with E-state index in [1.165, 1.54) is 0 Å². The molecule has 1 aromatic heterocycles. The van der Waals surface area contributed by atoms with Gasteiger partial charge in [0.25, 0.3) is 0 Å². The van der Waals surface area contributed by atoms with Gasteiger partial charge >= 0.3 is 5.97 Å². The monoisotopic (exact) mass is 312 g/mol. The summed E-state index contributed by atoms with van der Waals surface area (Å²) in [6.07, 6.45) is 3.64. The molecule has 0 aliphatic carbocycles. The van der Waals surface area contributed by atoms with E-state index in [1.807, 2.05) is 47.2 Å². The molecule has 0 amide bonds. The first-order chi connectivity index (χ1) is 10.6. The van der Waals surface area contributed by atoms with E-state index in [1.54, 1.807) is 18.3 Å². The van der Waals surface area contributed by atoms with Crippen molar-refractivity contribution in [3.63, 3.8) is 0 Å². The molecule has 2 aromatic carbocycles. The van der Waals surface area contributed by atoms with Gasteiger partial charge in [0.05, 0.1) is 5.56 Å². The number of carbonyl (C=O) groups is 1. The van der Waals surface area contributed by atoms with Crippen molar-refractivity contribution in [2.24, 2.45) is 0 Å². The number of hydrogen-bond donors (Lipinski definition) is 1. The van der Waals surface area contributed by atoms with Crippen molar-refractivity contribution in [2.75, 3.05) is 0 Å². The van der Waals surface area contributed by atoms with Crippen LogP contribution in [0.25, 0.3) is 11.4 Å². The van der Waals surface area contributed by atoms with Crippen molar-refractivity contribution < 1.29 is 9.90 Å². The molecular weight excluding hydrogens is 300 g/mol. The van der Waals surface area contributed by atoms with Gasteiger partial charge in [0.2, 0.25) is 0 Å². The molecule has 0 radical (unpaired) electrons. The van der Waals surface area contributed by atoms with Crippen molar-refractivity contribution in [3.05, 3.63) is 77.1 Å². The van der Waals surface area contributed by atoms with Crippen LogP contribution in [0.4, 0.5) is 0 Å². The first kappa shape index (κ1) is 14.4. The summed E-state index contributed by atoms with van der Waals surface area (Å²) >= 11 is 5.91. The summed E-state index contributed by atoms with van der Waals surface area (Å²) in [7, 11) is 0. The first-order valence-corrected chi connectivity index (χ1v) is 7.10. The van der Waals surface area contributed by atoms with Crippen molar-refractivity contribution in [2.45, 2.75) is 6.54 Å². The van der Waals surface area contributed by atoms with E-state index < -0.39 is 5.97 Å². The zero-order chi connectivity index (χ0) is 15.5. The van der Waals surface area contributed by atoms with E-state index >= 15 is 0 Å². The quantitative estimate of drug-likeness (QED) is 0.793. The number of aromatic carboxylic acids is 1. The Morgan fingerprint density at radius 2 is 1.77 bits per heavy atom. The molecule has 3 aromatic rings. The molecule has 4 nitrogen and oxygen atoms in total. The van der Waals surface area contributed by atoms with Crippen molar-refractivity contribution >= 4 is 17.6 Å². The molecule has 3 rings (SSSR count). The van der Waals surface area contributed by atoms with Gasteiger partial charge in [0.1, 0.15) is 5.82 Å². The molecule has 0 fully saturated rings. The van der Waals surface area contributed by atoms with E-state index in [-0.39, 0.29) is 5.56 Å². The highest BCUT2D eigenvalue weighted by Crippen LogP contribution is 2.21. The highest BCUT2D eigenvalue weighted by molar-refractivity contribution is 6.30. The molecular formula is C17H13ClN2O2. The van der Waals surface area contributed by atoms with Gasteiger partial charge < -0.3 is 9.67 Å². The zero-order valence-corrected chi connectivity index (χ0v) is 12.4. The van der Waals surface area contributed by atoms with Gasteiger partial charge in [-0.1, -0.05) is 23.7 Å². The van der Waals surface area contributed by atoms with E-state index in [0.717, 1.165) is 17.0 Å². The predicted octanol–water partition coefficient (Wildman–Crippen LogP) is 3.95. The van der Waals surface area contributed by atoms with Gasteiger partial charge in [-0.05, 0) is 42.0 Å². The second kappa shape index (κ2) is 6.03. The maximum atomic E-state index is 10.9. The minimum Gasteiger partial charge on any atom is -0.478 e. The number of carboxylic acid groups (broad SMARTS) is 1. The van der Waals surface area contributed by atoms with Gasteiger partial charge in [-0.15, -0.1) is 0 Å². The number of halogens is 1. The maximum absolute atomic E-state index is 10.9. The standard InChI is InChI=1S/C17H13ClN2O2/c18-15-7-5-13(6-8-15)16-19-9-10-20(16)11-12-1-3-14(4-2-12)17(21)22/h1-10H,11H2,(H,21,22). The van der Waals surface area contributed by atoms with Crippen LogP contribution in [-0.2, 0) is 6.54 Å². The third-order valence-electron chi connectivity index (χ3n) is 3.37. The smallest absolute Gasteiger partial charge is 0.335 e. The third-order valence-corrected chi connectivity index (χ3v) is 3.62. The van der Waals surface area contributed by atoms with E-state index in [2.05, 4.69) is 4.98 Å². The fourth-order valence-electron chi connectivity index (χ4n) is 2.25. The number of hydrogen-bond acceptors (Lipinski definition) is 2. The molecule has 0 spiro atoms. The number of carboxylic acids is 1. The molecule has 0 saturated heterocycles. The van der Waals surface area contributed by atoms with Crippen LogP contribution in [0.1, 0.15) is 15.9 Å². The number of nitrogens with zero attached hydrogens (tertiary/aromatic N) is 2. The van der Waals surface area contributed by atoms with Crippen molar-refractivity contribution in [3.8, 4) is 11.4 Å². The topological polar surface area (TPSA) is 55.1 Å². The second-order valence-electron chi connectivity index (χ2n) is 4.89. The Bertz CT molecular complexity index is 792. The lowest BCUT2D eigenvalue weighted by Gasteiger charge is -2.08. The zero-order valence-electron chi connectivity index (χ0n) is 11.6. The molecule has 1 N–H and O–H groups in total. The average Bonchev–Trinajstić information content (AvgIpc) is 2.97. The lowest BCUT2D eigenvalue weighted by Crippen LogP contribution is -2.02. The Labute approximate surface area is 132 Å². The number of rotatable bonds is 4. The molecule has 0 saturated carbocycles. The molecule has 22 heavy (non-hydrogen) atoms. The first-order valence-electron chi connectivity index (χ1n) is 6.73. The van der Waals surface area contributed by atoms with Crippen LogP contribution in [0.3, 0.4) is 0 Å². The van der Waals surface area contributed by atoms with Crippen LogP contribution in [-0.4, -0.2) is 20.6 Å². The SMILES string of the molecule is O=C(O)c1ccc(Cn2ccnc2-c2ccc(Cl)cc2)cc1. The molecule has 5 heteroatoms. The fraction of sp³-hybridized carbons (Fsp3) is 0.0588. The Hall–Kier alpha value is -2.59. The average molecular weight is 313 g/mol. The predicted molar refractivity (Wildman–Crippen MR) is 85.2 cm³/mol. The minimum absolute atomic E-state index is 0.285. The summed E-state index contributed by atoms with van der Waals surface area (Å²) in [5.74, 6) is -0.0741. The highest BCUT2D eigenvalue weighted by Gasteiger charge is 2.07. The third kappa shape index (κ3) is 3.02. The summed E-state index contributed by atoms with van der Waals surface area (Å²) in [6, 6.07) is 14.4. The Morgan fingerprint density at radius 1 is 1.09 bits per heavy atom. The largest absolute Gasteiger partial charge is 0.478 e. The summed E-state index contributed by atoms with van der Waals surface area (Å²) in [6.45, 7) is 0.623. The minimum atomic E-state index is -0.920. The van der Waals surface area contributed by atoms with Gasteiger partial charge in [0.15, 0.2) is 0 Å². The number of imidazole rings is 1. The molecule has 110 valence electrons. The summed E-state index contributed by atoms with van der Waals surface area (Å²) in [5.41, 5.74) is 2.28. The molecule has 0 aliphatic heterocycles. The maximum Gasteiger partial charge on any atom is 0.335 e. The molecule has 0 unspecified atom stereocenters. The van der Waals surface area contributed by atoms with E-state index in [4.69, 9.17) is 16.7 Å². The van der Waals surface area contributed by atoms with Crippen LogP contribution in [0.5, 0.6) is 0 Å². The Balaban J connectivity index is 1.86. The molecule has 0 atom stereocenters. The van der Waals surface area contributed by atoms with E-state index in [9.17, 15) is 4.79 Å². The van der Waals surface area contributed by atoms with E-state index in [0.29, 0.717) is 11.6 Å². The molecule has 0 bridgehead atoms. The van der Waals surface area contributed by atoms with Crippen molar-refractivity contribution in [1.82, 2.24) is 9.55 Å². The molecule has 1 heterocycles. The normalized spacial score (nSPS) is 10.6. The number of benzene rings is 2. The highest BCUT2D eigenvalue weighted by atomic mass is 35.5.